The molecule has 0 aliphatic heterocycles. The van der Waals surface area contributed by atoms with Crippen LogP contribution in [0.5, 0.6) is 0 Å². The summed E-state index contributed by atoms with van der Waals surface area (Å²) >= 11 is 0. The van der Waals surface area contributed by atoms with Crippen molar-refractivity contribution < 1.29 is 32.8 Å². The molecule has 0 spiro atoms. The number of para-hydroxylation sites is 1. The zero-order valence-electron chi connectivity index (χ0n) is 25.6. The lowest BCUT2D eigenvalue weighted by Gasteiger charge is -2.18. The van der Waals surface area contributed by atoms with E-state index in [0.717, 1.165) is 6.42 Å². The van der Waals surface area contributed by atoms with Gasteiger partial charge in [0, 0.05) is 6.42 Å². The summed E-state index contributed by atoms with van der Waals surface area (Å²) in [6.07, 6.45) is 4.81. The van der Waals surface area contributed by atoms with Crippen LogP contribution < -0.4 is 15.6 Å². The van der Waals surface area contributed by atoms with E-state index in [1.54, 1.807) is 51.1 Å². The first-order valence-corrected chi connectivity index (χ1v) is 15.4. The molecule has 0 aliphatic carbocycles. The van der Waals surface area contributed by atoms with Crippen molar-refractivity contribution in [1.29, 1.82) is 0 Å². The highest BCUT2D eigenvalue weighted by atomic mass is 32.2. The van der Waals surface area contributed by atoms with Crippen LogP contribution in [0.2, 0.25) is 0 Å². The number of esters is 2. The Hall–Kier alpha value is -4.36. The van der Waals surface area contributed by atoms with Crippen molar-refractivity contribution in [2.75, 3.05) is 26.8 Å². The molecule has 1 unspecified atom stereocenters. The summed E-state index contributed by atoms with van der Waals surface area (Å²) in [5.74, 6) is -0.854. The Kier molecular flexibility index (Phi) is 12.8. The van der Waals surface area contributed by atoms with Gasteiger partial charge in [-0.3, -0.25) is 14.2 Å². The second kappa shape index (κ2) is 16.5. The van der Waals surface area contributed by atoms with E-state index in [0.29, 0.717) is 28.0 Å². The SMILES string of the molecule is C/C=C\CCCC(=O)OCCNC(=O)OCc1nc2cc(C)c(C(=O)OCC)c(C)c2c(=O)n1-c1ccccc1S(=O)NC. The summed E-state index contributed by atoms with van der Waals surface area (Å²) < 4.78 is 32.5. The van der Waals surface area contributed by atoms with Gasteiger partial charge in [-0.2, -0.15) is 0 Å². The van der Waals surface area contributed by atoms with Crippen LogP contribution in [0.3, 0.4) is 0 Å². The third kappa shape index (κ3) is 8.38. The van der Waals surface area contributed by atoms with Gasteiger partial charge in [0.05, 0.1) is 40.2 Å². The molecule has 236 valence electrons. The summed E-state index contributed by atoms with van der Waals surface area (Å²) in [5.41, 5.74) is 1.23. The van der Waals surface area contributed by atoms with Crippen molar-refractivity contribution in [2.45, 2.75) is 58.5 Å². The molecule has 44 heavy (non-hydrogen) atoms. The van der Waals surface area contributed by atoms with Gasteiger partial charge in [0.2, 0.25) is 0 Å². The first-order chi connectivity index (χ1) is 21.1. The van der Waals surface area contributed by atoms with Crippen LogP contribution in [-0.2, 0) is 36.6 Å². The average Bonchev–Trinajstić information content (AvgIpc) is 3.00. The Balaban J connectivity index is 1.93. The fourth-order valence-corrected chi connectivity index (χ4v) is 5.38. The molecule has 3 rings (SSSR count). The number of alkyl carbamates (subject to hydrolysis) is 1. The fourth-order valence-electron chi connectivity index (χ4n) is 4.61. The standard InChI is InChI=1S/C31H38N4O8S/c1-6-8-9-10-15-26(36)42-17-16-33-31(39)43-19-25-34-22-18-20(3)27(30(38)41-7-2)21(4)28(22)29(37)35(25)23-13-11-12-14-24(23)44(40)32-5/h6,8,11-14,18,32H,7,9-10,15-17,19H2,1-5H3,(H,33,39)/b8-6-. The summed E-state index contributed by atoms with van der Waals surface area (Å²) in [6.45, 7) is 6.71. The van der Waals surface area contributed by atoms with Crippen molar-refractivity contribution >= 4 is 39.9 Å². The molecule has 0 saturated heterocycles. The van der Waals surface area contributed by atoms with Crippen molar-refractivity contribution in [3.05, 3.63) is 75.4 Å². The molecule has 1 atom stereocenters. The molecule has 1 aromatic heterocycles. The number of ether oxygens (including phenoxy) is 3. The van der Waals surface area contributed by atoms with Crippen LogP contribution in [0.1, 0.15) is 60.4 Å². The zero-order chi connectivity index (χ0) is 32.2. The van der Waals surface area contributed by atoms with E-state index in [1.807, 2.05) is 19.1 Å². The maximum atomic E-state index is 14.2. The lowest BCUT2D eigenvalue weighted by molar-refractivity contribution is -0.143. The average molecular weight is 627 g/mol. The van der Waals surface area contributed by atoms with Gasteiger partial charge in [-0.1, -0.05) is 24.3 Å². The third-order valence-electron chi connectivity index (χ3n) is 6.60. The van der Waals surface area contributed by atoms with E-state index in [2.05, 4.69) is 15.0 Å². The van der Waals surface area contributed by atoms with Crippen LogP contribution >= 0.6 is 0 Å². The fraction of sp³-hybridized carbons (Fsp3) is 0.387. The van der Waals surface area contributed by atoms with Gasteiger partial charge in [0.25, 0.3) is 5.56 Å². The number of aromatic nitrogens is 2. The van der Waals surface area contributed by atoms with Gasteiger partial charge in [0.1, 0.15) is 17.6 Å². The minimum Gasteiger partial charge on any atom is -0.464 e. The number of nitrogens with zero attached hydrogens (tertiary/aromatic N) is 2. The normalized spacial score (nSPS) is 11.8. The quantitative estimate of drug-likeness (QED) is 0.117. The molecule has 3 aromatic rings. The van der Waals surface area contributed by atoms with Gasteiger partial charge < -0.3 is 19.5 Å². The smallest absolute Gasteiger partial charge is 0.407 e. The molecule has 0 bridgehead atoms. The third-order valence-corrected chi connectivity index (χ3v) is 7.72. The van der Waals surface area contributed by atoms with Crippen molar-refractivity contribution in [3.63, 3.8) is 0 Å². The van der Waals surface area contributed by atoms with Gasteiger partial charge >= 0.3 is 18.0 Å². The lowest BCUT2D eigenvalue weighted by atomic mass is 9.98. The number of allylic oxidation sites excluding steroid dienone is 2. The van der Waals surface area contributed by atoms with Crippen LogP contribution in [0, 0.1) is 13.8 Å². The number of benzene rings is 2. The zero-order valence-corrected chi connectivity index (χ0v) is 26.4. The molecule has 13 heteroatoms. The Morgan fingerprint density at radius 3 is 2.57 bits per heavy atom. The number of nitrogens with one attached hydrogen (secondary N) is 2. The maximum absolute atomic E-state index is 14.2. The predicted molar refractivity (Wildman–Crippen MR) is 166 cm³/mol. The molecule has 12 nitrogen and oxygen atoms in total. The van der Waals surface area contributed by atoms with E-state index in [-0.39, 0.29) is 54.6 Å². The number of aryl methyl sites for hydroxylation is 2. The molecule has 0 fully saturated rings. The Bertz CT molecular complexity index is 1630. The number of unbranched alkanes of at least 4 members (excludes halogenated alkanes) is 1. The van der Waals surface area contributed by atoms with Crippen molar-refractivity contribution in [2.24, 2.45) is 0 Å². The molecular weight excluding hydrogens is 588 g/mol. The number of amides is 1. The second-order valence-electron chi connectivity index (χ2n) is 9.60. The molecule has 2 aromatic carbocycles. The van der Waals surface area contributed by atoms with Gasteiger partial charge in [0.15, 0.2) is 12.4 Å². The summed E-state index contributed by atoms with van der Waals surface area (Å²) in [6, 6.07) is 8.16. The van der Waals surface area contributed by atoms with Crippen LogP contribution in [0.15, 0.2) is 52.2 Å². The van der Waals surface area contributed by atoms with Gasteiger partial charge in [-0.05, 0) is 76.9 Å². The summed E-state index contributed by atoms with van der Waals surface area (Å²) in [5, 5.41) is 2.68. The van der Waals surface area contributed by atoms with Crippen LogP contribution in [0.25, 0.3) is 16.6 Å². The number of hydrogen-bond donors (Lipinski definition) is 2. The number of carbonyl (C=O) groups excluding carboxylic acids is 3. The van der Waals surface area contributed by atoms with E-state index >= 15 is 0 Å². The molecule has 0 radical (unpaired) electrons. The minimum absolute atomic E-state index is 0.0242. The molecule has 0 aliphatic rings. The molecule has 2 N–H and O–H groups in total. The Morgan fingerprint density at radius 2 is 1.86 bits per heavy atom. The van der Waals surface area contributed by atoms with Crippen LogP contribution in [0.4, 0.5) is 4.79 Å². The van der Waals surface area contributed by atoms with Crippen molar-refractivity contribution in [1.82, 2.24) is 19.6 Å². The molecular formula is C31H38N4O8S. The first kappa shape index (κ1) is 34.1. The first-order valence-electron chi connectivity index (χ1n) is 14.2. The number of carbonyl (C=O) groups is 3. The summed E-state index contributed by atoms with van der Waals surface area (Å²) in [7, 11) is -0.162. The largest absolute Gasteiger partial charge is 0.464 e. The Morgan fingerprint density at radius 1 is 1.11 bits per heavy atom. The maximum Gasteiger partial charge on any atom is 0.407 e. The Labute approximate surface area is 258 Å². The van der Waals surface area contributed by atoms with E-state index in [1.165, 1.54) is 11.6 Å². The highest BCUT2D eigenvalue weighted by molar-refractivity contribution is 7.83. The number of hydrogen-bond acceptors (Lipinski definition) is 9. The molecule has 1 amide bonds. The highest BCUT2D eigenvalue weighted by Gasteiger charge is 2.24. The lowest BCUT2D eigenvalue weighted by Crippen LogP contribution is -2.31. The van der Waals surface area contributed by atoms with E-state index in [9.17, 15) is 23.4 Å². The monoisotopic (exact) mass is 626 g/mol. The summed E-state index contributed by atoms with van der Waals surface area (Å²) in [4.78, 5) is 56.2. The van der Waals surface area contributed by atoms with Gasteiger partial charge in [-0.25, -0.2) is 23.5 Å². The number of rotatable bonds is 14. The van der Waals surface area contributed by atoms with E-state index < -0.39 is 35.2 Å². The van der Waals surface area contributed by atoms with Gasteiger partial charge in [-0.15, -0.1) is 0 Å². The van der Waals surface area contributed by atoms with Crippen LogP contribution in [-0.4, -0.2) is 58.6 Å². The second-order valence-corrected chi connectivity index (χ2v) is 11.0. The number of fused-ring (bicyclic) bond motifs is 1. The topological polar surface area (TPSA) is 155 Å². The molecule has 1 heterocycles. The van der Waals surface area contributed by atoms with E-state index in [4.69, 9.17) is 14.2 Å². The van der Waals surface area contributed by atoms with Crippen molar-refractivity contribution in [3.8, 4) is 5.69 Å². The minimum atomic E-state index is -1.68. The molecule has 0 saturated carbocycles. The highest BCUT2D eigenvalue weighted by Crippen LogP contribution is 2.25. The predicted octanol–water partition coefficient (Wildman–Crippen LogP) is 3.94.